The molecule has 1 aliphatic heterocycles. The second-order valence-electron chi connectivity index (χ2n) is 5.13. The Morgan fingerprint density at radius 1 is 1.27 bits per heavy atom. The van der Waals surface area contributed by atoms with Gasteiger partial charge in [-0.15, -0.1) is 10.2 Å². The minimum absolute atomic E-state index is 0.201. The smallest absolute Gasteiger partial charge is 0.357 e. The van der Waals surface area contributed by atoms with Crippen molar-refractivity contribution in [2.24, 2.45) is 4.99 Å². The van der Waals surface area contributed by atoms with E-state index in [2.05, 4.69) is 25.8 Å². The summed E-state index contributed by atoms with van der Waals surface area (Å²) in [4.78, 5) is 4.29. The van der Waals surface area contributed by atoms with Crippen molar-refractivity contribution in [2.75, 3.05) is 13.1 Å². The first kappa shape index (κ1) is 16.6. The first-order chi connectivity index (χ1) is 10.5. The Bertz CT molecular complexity index is 508. The highest BCUT2D eigenvalue weighted by atomic mass is 19.4. The van der Waals surface area contributed by atoms with Gasteiger partial charge in [0.05, 0.1) is 6.42 Å². The first-order valence-corrected chi connectivity index (χ1v) is 7.49. The molecule has 9 heteroatoms. The Morgan fingerprint density at radius 3 is 2.82 bits per heavy atom. The molecule has 1 aromatic heterocycles. The summed E-state index contributed by atoms with van der Waals surface area (Å²) < 4.78 is 38.6. The molecule has 0 bridgehead atoms. The third kappa shape index (κ3) is 4.88. The van der Waals surface area contributed by atoms with Crippen LogP contribution in [0.5, 0.6) is 0 Å². The van der Waals surface area contributed by atoms with Gasteiger partial charge in [0.15, 0.2) is 11.8 Å². The predicted molar refractivity (Wildman–Crippen MR) is 76.5 cm³/mol. The first-order valence-electron chi connectivity index (χ1n) is 7.49. The number of guanidine groups is 1. The quantitative estimate of drug-likeness (QED) is 0.639. The van der Waals surface area contributed by atoms with E-state index in [0.717, 1.165) is 37.5 Å². The lowest BCUT2D eigenvalue weighted by atomic mass is 10.2. The lowest BCUT2D eigenvalue weighted by molar-refractivity contribution is -0.132. The van der Waals surface area contributed by atoms with Crippen molar-refractivity contribution in [3.05, 3.63) is 11.6 Å². The molecule has 0 amide bonds. The molecule has 0 unspecified atom stereocenters. The summed E-state index contributed by atoms with van der Waals surface area (Å²) in [5.41, 5.74) is 0. The van der Waals surface area contributed by atoms with Crippen LogP contribution in [0.25, 0.3) is 0 Å². The summed E-state index contributed by atoms with van der Waals surface area (Å²) in [7, 11) is 0. The summed E-state index contributed by atoms with van der Waals surface area (Å²) in [5.74, 6) is 2.08. The molecule has 0 saturated carbocycles. The van der Waals surface area contributed by atoms with Gasteiger partial charge < -0.3 is 15.2 Å². The summed E-state index contributed by atoms with van der Waals surface area (Å²) >= 11 is 0. The third-order valence-corrected chi connectivity index (χ3v) is 3.36. The van der Waals surface area contributed by atoms with Gasteiger partial charge >= 0.3 is 6.18 Å². The summed E-state index contributed by atoms with van der Waals surface area (Å²) in [5, 5.41) is 13.9. The zero-order chi connectivity index (χ0) is 16.0. The molecule has 0 atom stereocenters. The van der Waals surface area contributed by atoms with Crippen LogP contribution in [0.2, 0.25) is 0 Å². The SMILES string of the molecule is CCNC(=NCc1nnc2n1CCCC2)NCCC(F)(F)F. The molecule has 0 radical (unpaired) electrons. The molecule has 124 valence electrons. The largest absolute Gasteiger partial charge is 0.390 e. The second kappa shape index (κ2) is 7.46. The minimum atomic E-state index is -4.17. The minimum Gasteiger partial charge on any atom is -0.357 e. The van der Waals surface area contributed by atoms with Crippen LogP contribution in [-0.4, -0.2) is 40.0 Å². The van der Waals surface area contributed by atoms with Crippen molar-refractivity contribution in [1.29, 1.82) is 0 Å². The Hall–Kier alpha value is -1.80. The number of hydrogen-bond donors (Lipinski definition) is 2. The number of aliphatic imine (C=N–C) groups is 1. The third-order valence-electron chi connectivity index (χ3n) is 3.36. The standard InChI is InChI=1S/C13H21F3N6/c1-2-17-12(18-7-6-13(14,15)16)19-9-11-21-20-10-5-3-4-8-22(10)11/h2-9H2,1H3,(H2,17,18,19). The Labute approximate surface area is 127 Å². The molecule has 2 heterocycles. The van der Waals surface area contributed by atoms with Crippen LogP contribution in [0, 0.1) is 0 Å². The van der Waals surface area contributed by atoms with Crippen LogP contribution < -0.4 is 10.6 Å². The normalized spacial score (nSPS) is 15.5. The van der Waals surface area contributed by atoms with E-state index in [1.165, 1.54) is 0 Å². The van der Waals surface area contributed by atoms with Crippen LogP contribution >= 0.6 is 0 Å². The molecule has 6 nitrogen and oxygen atoms in total. The van der Waals surface area contributed by atoms with Crippen molar-refractivity contribution in [1.82, 2.24) is 25.4 Å². The van der Waals surface area contributed by atoms with Crippen molar-refractivity contribution < 1.29 is 13.2 Å². The predicted octanol–water partition coefficient (Wildman–Crippen LogP) is 1.62. The average Bonchev–Trinajstić information content (AvgIpc) is 2.87. The lowest BCUT2D eigenvalue weighted by Crippen LogP contribution is -2.39. The van der Waals surface area contributed by atoms with Crippen LogP contribution in [0.4, 0.5) is 13.2 Å². The van der Waals surface area contributed by atoms with E-state index in [1.807, 2.05) is 11.5 Å². The monoisotopic (exact) mass is 318 g/mol. The van der Waals surface area contributed by atoms with E-state index in [9.17, 15) is 13.2 Å². The van der Waals surface area contributed by atoms with Crippen molar-refractivity contribution >= 4 is 5.96 Å². The summed E-state index contributed by atoms with van der Waals surface area (Å²) in [6.07, 6.45) is -1.94. The van der Waals surface area contributed by atoms with Gasteiger partial charge in [0.1, 0.15) is 12.4 Å². The molecule has 0 fully saturated rings. The van der Waals surface area contributed by atoms with Crippen molar-refractivity contribution in [3.63, 3.8) is 0 Å². The highest BCUT2D eigenvalue weighted by Gasteiger charge is 2.26. The van der Waals surface area contributed by atoms with Gasteiger partial charge in [0.2, 0.25) is 0 Å². The van der Waals surface area contributed by atoms with Gasteiger partial charge in [-0.3, -0.25) is 0 Å². The number of nitrogens with one attached hydrogen (secondary N) is 2. The van der Waals surface area contributed by atoms with Gasteiger partial charge in [0, 0.05) is 26.1 Å². The number of hydrogen-bond acceptors (Lipinski definition) is 3. The van der Waals surface area contributed by atoms with E-state index in [1.54, 1.807) is 0 Å². The highest BCUT2D eigenvalue weighted by molar-refractivity contribution is 5.79. The molecule has 22 heavy (non-hydrogen) atoms. The number of rotatable bonds is 5. The molecule has 1 aliphatic rings. The number of alkyl halides is 3. The maximum absolute atomic E-state index is 12.2. The molecule has 1 aromatic rings. The fraction of sp³-hybridized carbons (Fsp3) is 0.769. The number of aromatic nitrogens is 3. The maximum atomic E-state index is 12.2. The van der Waals surface area contributed by atoms with Gasteiger partial charge in [-0.2, -0.15) is 13.2 Å². The Kier molecular flexibility index (Phi) is 5.62. The van der Waals surface area contributed by atoms with Crippen LogP contribution in [0.15, 0.2) is 4.99 Å². The Morgan fingerprint density at radius 2 is 2.09 bits per heavy atom. The van der Waals surface area contributed by atoms with Crippen molar-refractivity contribution in [3.8, 4) is 0 Å². The average molecular weight is 318 g/mol. The molecule has 0 aliphatic carbocycles. The Balaban J connectivity index is 1.93. The van der Waals surface area contributed by atoms with Gasteiger partial charge in [-0.05, 0) is 19.8 Å². The van der Waals surface area contributed by atoms with Crippen LogP contribution in [0.3, 0.4) is 0 Å². The van der Waals surface area contributed by atoms with E-state index in [-0.39, 0.29) is 6.54 Å². The summed E-state index contributed by atoms with van der Waals surface area (Å²) in [6, 6.07) is 0. The van der Waals surface area contributed by atoms with E-state index in [4.69, 9.17) is 0 Å². The molecular formula is C13H21F3N6. The van der Waals surface area contributed by atoms with Gasteiger partial charge in [-0.1, -0.05) is 0 Å². The molecule has 0 saturated heterocycles. The lowest BCUT2D eigenvalue weighted by Gasteiger charge is -2.15. The van der Waals surface area contributed by atoms with Crippen molar-refractivity contribution in [2.45, 2.75) is 51.9 Å². The zero-order valence-electron chi connectivity index (χ0n) is 12.6. The van der Waals surface area contributed by atoms with Crippen LogP contribution in [-0.2, 0) is 19.5 Å². The second-order valence-corrected chi connectivity index (χ2v) is 5.13. The summed E-state index contributed by atoms with van der Waals surface area (Å²) in [6.45, 7) is 3.42. The molecule has 2 rings (SSSR count). The number of nitrogens with zero attached hydrogens (tertiary/aromatic N) is 4. The maximum Gasteiger partial charge on any atom is 0.390 e. The fourth-order valence-electron chi connectivity index (χ4n) is 2.30. The fourth-order valence-corrected chi connectivity index (χ4v) is 2.30. The number of halogens is 3. The van der Waals surface area contributed by atoms with E-state index >= 15 is 0 Å². The molecule has 2 N–H and O–H groups in total. The molecular weight excluding hydrogens is 297 g/mol. The van der Waals surface area contributed by atoms with E-state index < -0.39 is 12.6 Å². The van der Waals surface area contributed by atoms with Gasteiger partial charge in [-0.25, -0.2) is 4.99 Å². The molecule has 0 spiro atoms. The van der Waals surface area contributed by atoms with Crippen LogP contribution in [0.1, 0.15) is 37.8 Å². The highest BCUT2D eigenvalue weighted by Crippen LogP contribution is 2.18. The van der Waals surface area contributed by atoms with E-state index in [0.29, 0.717) is 19.0 Å². The van der Waals surface area contributed by atoms with Gasteiger partial charge in [0.25, 0.3) is 0 Å². The zero-order valence-corrected chi connectivity index (χ0v) is 12.6. The number of aryl methyl sites for hydroxylation is 1. The molecule has 0 aromatic carbocycles. The topological polar surface area (TPSA) is 67.1 Å². The number of fused-ring (bicyclic) bond motifs is 1.